The molecule has 2 aromatic heterocycles. The Balaban J connectivity index is 1.54. The van der Waals surface area contributed by atoms with Crippen molar-refractivity contribution in [2.45, 2.75) is 37.5 Å². The van der Waals surface area contributed by atoms with Crippen molar-refractivity contribution in [1.82, 2.24) is 20.1 Å². The predicted molar refractivity (Wildman–Crippen MR) is 111 cm³/mol. The van der Waals surface area contributed by atoms with E-state index >= 15 is 0 Å². The number of furan rings is 1. The highest BCUT2D eigenvalue weighted by atomic mass is 32.2. The van der Waals surface area contributed by atoms with Gasteiger partial charge in [0.25, 0.3) is 0 Å². The summed E-state index contributed by atoms with van der Waals surface area (Å²) in [6.45, 7) is 2.55. The molecule has 29 heavy (non-hydrogen) atoms. The number of hydrogen-bond acceptors (Lipinski definition) is 6. The summed E-state index contributed by atoms with van der Waals surface area (Å²) in [5.74, 6) is 3.19. The molecule has 1 N–H and O–H groups in total. The van der Waals surface area contributed by atoms with Crippen LogP contribution in [0.2, 0.25) is 0 Å². The minimum Gasteiger partial charge on any atom is -0.497 e. The molecule has 1 aliphatic carbocycles. The number of nitrogens with zero attached hydrogens (tertiary/aromatic N) is 3. The van der Waals surface area contributed by atoms with Crippen molar-refractivity contribution in [3.05, 3.63) is 48.4 Å². The zero-order valence-corrected chi connectivity index (χ0v) is 17.3. The monoisotopic (exact) mass is 412 g/mol. The van der Waals surface area contributed by atoms with Crippen LogP contribution in [0.3, 0.4) is 0 Å². The number of carbonyl (C=O) groups excluding carboxylic acids is 1. The molecule has 7 nitrogen and oxygen atoms in total. The molecular formula is C21H24N4O3S. The minimum atomic E-state index is 0.0184. The summed E-state index contributed by atoms with van der Waals surface area (Å²) < 4.78 is 12.8. The van der Waals surface area contributed by atoms with E-state index < -0.39 is 0 Å². The lowest BCUT2D eigenvalue weighted by Crippen LogP contribution is -2.35. The molecule has 0 bridgehead atoms. The van der Waals surface area contributed by atoms with Crippen LogP contribution < -0.4 is 10.1 Å². The molecule has 1 amide bonds. The smallest absolute Gasteiger partial charge is 0.230 e. The van der Waals surface area contributed by atoms with Gasteiger partial charge < -0.3 is 14.5 Å². The van der Waals surface area contributed by atoms with Crippen LogP contribution in [-0.4, -0.2) is 39.6 Å². The van der Waals surface area contributed by atoms with Crippen LogP contribution in [0.5, 0.6) is 5.75 Å². The molecule has 0 spiro atoms. The van der Waals surface area contributed by atoms with Gasteiger partial charge >= 0.3 is 0 Å². The normalized spacial score (nSPS) is 14.6. The van der Waals surface area contributed by atoms with Crippen LogP contribution in [0.1, 0.15) is 25.5 Å². The molecule has 1 atom stereocenters. The largest absolute Gasteiger partial charge is 0.497 e. The van der Waals surface area contributed by atoms with Gasteiger partial charge in [-0.15, -0.1) is 10.2 Å². The second-order valence-electron chi connectivity index (χ2n) is 7.19. The Morgan fingerprint density at radius 1 is 1.34 bits per heavy atom. The number of amides is 1. The maximum Gasteiger partial charge on any atom is 0.230 e. The number of rotatable bonds is 9. The average molecular weight is 413 g/mol. The fraction of sp³-hybridized carbons (Fsp3) is 0.381. The van der Waals surface area contributed by atoms with Crippen molar-refractivity contribution in [3.8, 4) is 17.1 Å². The quantitative estimate of drug-likeness (QED) is 0.541. The van der Waals surface area contributed by atoms with E-state index in [1.807, 2.05) is 41.0 Å². The standard InChI is InChI=1S/C21H24N4O3S/c1-14(15-8-9-15)22-19(26)13-29-21-24-23-20(16-5-3-6-17(11-16)27-2)25(21)12-18-7-4-10-28-18/h3-7,10-11,14-15H,8-9,12-13H2,1-2H3,(H,22,26)/t14-/m1/s1. The molecule has 8 heteroatoms. The molecule has 0 radical (unpaired) electrons. The summed E-state index contributed by atoms with van der Waals surface area (Å²) in [5, 5.41) is 12.5. The number of nitrogens with one attached hydrogen (secondary N) is 1. The first-order valence-corrected chi connectivity index (χ1v) is 10.6. The molecule has 152 valence electrons. The van der Waals surface area contributed by atoms with Crippen LogP contribution in [0.4, 0.5) is 0 Å². The second kappa shape index (κ2) is 8.73. The van der Waals surface area contributed by atoms with Gasteiger partial charge in [-0.1, -0.05) is 23.9 Å². The van der Waals surface area contributed by atoms with Crippen LogP contribution >= 0.6 is 11.8 Å². The van der Waals surface area contributed by atoms with E-state index in [0.29, 0.717) is 29.2 Å². The van der Waals surface area contributed by atoms with Gasteiger partial charge in [0.1, 0.15) is 11.5 Å². The SMILES string of the molecule is COc1cccc(-c2nnc(SCC(=O)N[C@H](C)C3CC3)n2Cc2ccco2)c1. The lowest BCUT2D eigenvalue weighted by molar-refractivity contribution is -0.119. The summed E-state index contributed by atoms with van der Waals surface area (Å²) in [5.41, 5.74) is 0.891. The minimum absolute atomic E-state index is 0.0184. The Morgan fingerprint density at radius 3 is 2.93 bits per heavy atom. The fourth-order valence-corrected chi connectivity index (χ4v) is 3.96. The number of aromatic nitrogens is 3. The lowest BCUT2D eigenvalue weighted by Gasteiger charge is -2.13. The van der Waals surface area contributed by atoms with Gasteiger partial charge in [-0.3, -0.25) is 9.36 Å². The molecule has 1 aliphatic rings. The van der Waals surface area contributed by atoms with Crippen LogP contribution in [0.15, 0.2) is 52.2 Å². The topological polar surface area (TPSA) is 82.2 Å². The first-order chi connectivity index (χ1) is 14.1. The Morgan fingerprint density at radius 2 is 2.21 bits per heavy atom. The van der Waals surface area contributed by atoms with E-state index in [4.69, 9.17) is 9.15 Å². The maximum atomic E-state index is 12.3. The molecule has 0 unspecified atom stereocenters. The van der Waals surface area contributed by atoms with Gasteiger partial charge in [-0.25, -0.2) is 0 Å². The predicted octanol–water partition coefficient (Wildman–Crippen LogP) is 3.60. The number of thioether (sulfide) groups is 1. The highest BCUT2D eigenvalue weighted by molar-refractivity contribution is 7.99. The first kappa shape index (κ1) is 19.6. The Labute approximate surface area is 173 Å². The summed E-state index contributed by atoms with van der Waals surface area (Å²) in [4.78, 5) is 12.3. The van der Waals surface area contributed by atoms with Gasteiger partial charge in [0.15, 0.2) is 11.0 Å². The summed E-state index contributed by atoms with van der Waals surface area (Å²) in [7, 11) is 1.63. The van der Waals surface area contributed by atoms with E-state index in [0.717, 1.165) is 17.1 Å². The molecule has 0 saturated heterocycles. The van der Waals surface area contributed by atoms with Crippen molar-refractivity contribution in [2.75, 3.05) is 12.9 Å². The third-order valence-electron chi connectivity index (χ3n) is 4.99. The van der Waals surface area contributed by atoms with Crippen molar-refractivity contribution < 1.29 is 13.9 Å². The Hall–Kier alpha value is -2.74. The summed E-state index contributed by atoms with van der Waals surface area (Å²) in [6, 6.07) is 11.7. The number of ether oxygens (including phenoxy) is 1. The van der Waals surface area contributed by atoms with E-state index in [9.17, 15) is 4.79 Å². The highest BCUT2D eigenvalue weighted by Crippen LogP contribution is 2.32. The lowest BCUT2D eigenvalue weighted by atomic mass is 10.2. The Kier molecular flexibility index (Phi) is 5.89. The van der Waals surface area contributed by atoms with Gasteiger partial charge in [-0.05, 0) is 49.9 Å². The number of benzene rings is 1. The van der Waals surface area contributed by atoms with Crippen molar-refractivity contribution in [1.29, 1.82) is 0 Å². The Bertz CT molecular complexity index is 966. The zero-order chi connectivity index (χ0) is 20.2. The molecular weight excluding hydrogens is 388 g/mol. The molecule has 0 aliphatic heterocycles. The van der Waals surface area contributed by atoms with Crippen molar-refractivity contribution in [3.63, 3.8) is 0 Å². The number of carbonyl (C=O) groups is 1. The first-order valence-electron chi connectivity index (χ1n) is 9.66. The summed E-state index contributed by atoms with van der Waals surface area (Å²) in [6.07, 6.45) is 4.05. The van der Waals surface area contributed by atoms with Crippen LogP contribution in [0, 0.1) is 5.92 Å². The van der Waals surface area contributed by atoms with E-state index in [2.05, 4.69) is 22.4 Å². The molecule has 4 rings (SSSR count). The van der Waals surface area contributed by atoms with Gasteiger partial charge in [0.05, 0.1) is 25.7 Å². The fourth-order valence-electron chi connectivity index (χ4n) is 3.21. The van der Waals surface area contributed by atoms with Gasteiger partial charge in [-0.2, -0.15) is 0 Å². The number of hydrogen-bond donors (Lipinski definition) is 1. The van der Waals surface area contributed by atoms with Gasteiger partial charge in [0.2, 0.25) is 5.91 Å². The summed E-state index contributed by atoms with van der Waals surface area (Å²) >= 11 is 1.38. The molecule has 3 aromatic rings. The molecule has 1 saturated carbocycles. The highest BCUT2D eigenvalue weighted by Gasteiger charge is 2.29. The third-order valence-corrected chi connectivity index (χ3v) is 5.96. The molecule has 1 aromatic carbocycles. The average Bonchev–Trinajstić information content (AvgIpc) is 3.33. The van der Waals surface area contributed by atoms with E-state index in [-0.39, 0.29) is 11.9 Å². The molecule has 2 heterocycles. The third kappa shape index (κ3) is 4.82. The maximum absolute atomic E-state index is 12.3. The molecule has 1 fully saturated rings. The van der Waals surface area contributed by atoms with Crippen molar-refractivity contribution in [2.24, 2.45) is 5.92 Å². The number of methoxy groups -OCH3 is 1. The van der Waals surface area contributed by atoms with E-state index in [1.165, 1.54) is 24.6 Å². The van der Waals surface area contributed by atoms with Crippen LogP contribution in [0.25, 0.3) is 11.4 Å². The zero-order valence-electron chi connectivity index (χ0n) is 16.5. The van der Waals surface area contributed by atoms with Crippen LogP contribution in [-0.2, 0) is 11.3 Å². The second-order valence-corrected chi connectivity index (χ2v) is 8.13. The van der Waals surface area contributed by atoms with Gasteiger partial charge in [0, 0.05) is 11.6 Å². The van der Waals surface area contributed by atoms with Crippen molar-refractivity contribution >= 4 is 17.7 Å². The van der Waals surface area contributed by atoms with E-state index in [1.54, 1.807) is 13.4 Å².